The highest BCUT2D eigenvalue weighted by molar-refractivity contribution is 6.69. The number of anilines is 2. The number of benzene rings is 4. The molecule has 0 saturated carbocycles. The molecule has 0 aliphatic rings. The molecule has 27 heteroatoms. The maximum Gasteiger partial charge on any atom is 0.573 e. The van der Waals surface area contributed by atoms with E-state index in [1.807, 2.05) is 0 Å². The summed E-state index contributed by atoms with van der Waals surface area (Å²) in [6, 6.07) is 15.7. The van der Waals surface area contributed by atoms with Crippen molar-refractivity contribution >= 4 is 69.1 Å². The summed E-state index contributed by atoms with van der Waals surface area (Å²) in [6.07, 6.45) is -7.27. The zero-order valence-electron chi connectivity index (χ0n) is 34.6. The fourth-order valence-electron chi connectivity index (χ4n) is 5.08. The minimum Gasteiger partial charge on any atom is -0.493 e. The minimum atomic E-state index is -4.92. The molecule has 364 valence electrons. The van der Waals surface area contributed by atoms with Crippen molar-refractivity contribution in [3.8, 4) is 46.0 Å². The molecular weight excluding hydrogens is 1010 g/mol. The predicted octanol–water partition coefficient (Wildman–Crippen LogP) is 10.2. The van der Waals surface area contributed by atoms with Gasteiger partial charge in [0.2, 0.25) is 0 Å². The topological polar surface area (TPSA) is 240 Å². The van der Waals surface area contributed by atoms with Crippen LogP contribution >= 0.6 is 34.8 Å². The van der Waals surface area contributed by atoms with Crippen LogP contribution in [0.4, 0.5) is 46.5 Å². The molecule has 7 N–H and O–H groups in total. The van der Waals surface area contributed by atoms with Crippen LogP contribution in [0.15, 0.2) is 97.3 Å². The quantitative estimate of drug-likeness (QED) is 0.0623. The van der Waals surface area contributed by atoms with Crippen LogP contribution in [0.2, 0.25) is 10.0 Å². The van der Waals surface area contributed by atoms with Crippen molar-refractivity contribution < 1.29 is 82.7 Å². The average Bonchev–Trinajstić information content (AvgIpc) is 3.26. The molecule has 3 amide bonds. The molecule has 4 aromatic carbocycles. The molecule has 0 spiro atoms. The summed E-state index contributed by atoms with van der Waals surface area (Å²) in [5.41, 5.74) is 15.3. The van der Waals surface area contributed by atoms with Gasteiger partial charge in [0.1, 0.15) is 51.6 Å². The highest BCUT2D eigenvalue weighted by atomic mass is 35.5. The number of nitrogen functional groups attached to an aromatic ring is 1. The monoisotopic (exact) mass is 1030 g/mol. The van der Waals surface area contributed by atoms with Crippen molar-refractivity contribution in [2.75, 3.05) is 25.3 Å². The zero-order valence-corrected chi connectivity index (χ0v) is 36.9. The normalized spacial score (nSPS) is 10.8. The number of carbonyl (C=O) groups excluding carboxylic acids is 4. The maximum absolute atomic E-state index is 14.1. The third-order valence-electron chi connectivity index (χ3n) is 8.03. The van der Waals surface area contributed by atoms with Crippen molar-refractivity contribution in [1.29, 1.82) is 0 Å². The summed E-state index contributed by atoms with van der Waals surface area (Å²) >= 11 is 17.1. The minimum absolute atomic E-state index is 0.0455. The summed E-state index contributed by atoms with van der Waals surface area (Å²) in [7, 11) is 2.36. The second kappa shape index (κ2) is 23.3. The first kappa shape index (κ1) is 53.8. The molecule has 0 radical (unpaired) electrons. The predicted molar refractivity (Wildman–Crippen MR) is 230 cm³/mol. The Morgan fingerprint density at radius 1 is 0.580 bits per heavy atom. The molecule has 69 heavy (non-hydrogen) atoms. The number of nitrogens with two attached hydrogens (primary N) is 3. The molecular formula is C42H29Cl3F8N6O10. The fraction of sp³-hybridized carbons (Fsp3) is 0.0952. The number of hydrogen-bond donors (Lipinski definition) is 4. The van der Waals surface area contributed by atoms with Crippen LogP contribution in [-0.4, -0.2) is 59.9 Å². The fourth-order valence-corrected chi connectivity index (χ4v) is 5.80. The lowest BCUT2D eigenvalue weighted by molar-refractivity contribution is -0.275. The van der Waals surface area contributed by atoms with Crippen molar-refractivity contribution in [3.63, 3.8) is 0 Å². The van der Waals surface area contributed by atoms with E-state index >= 15 is 0 Å². The Bertz CT molecular complexity index is 2840. The molecule has 2 aromatic heterocycles. The van der Waals surface area contributed by atoms with Gasteiger partial charge < -0.3 is 50.9 Å². The van der Waals surface area contributed by atoms with E-state index in [1.165, 1.54) is 38.6 Å². The third-order valence-corrected chi connectivity index (χ3v) is 8.95. The smallest absolute Gasteiger partial charge is 0.493 e. The average molecular weight is 1040 g/mol. The van der Waals surface area contributed by atoms with Gasteiger partial charge >= 0.3 is 12.7 Å². The van der Waals surface area contributed by atoms with Gasteiger partial charge in [0.05, 0.1) is 53.6 Å². The van der Waals surface area contributed by atoms with E-state index in [0.717, 1.165) is 66.9 Å². The van der Waals surface area contributed by atoms with E-state index < -0.39 is 80.0 Å². The molecule has 16 nitrogen and oxygen atoms in total. The van der Waals surface area contributed by atoms with Crippen molar-refractivity contribution in [2.24, 2.45) is 11.5 Å². The second-order valence-corrected chi connectivity index (χ2v) is 13.9. The molecule has 0 aliphatic carbocycles. The van der Waals surface area contributed by atoms with Crippen LogP contribution in [-0.2, 0) is 0 Å². The number of hydrogen-bond acceptors (Lipinski definition) is 13. The zero-order chi connectivity index (χ0) is 51.4. The molecule has 0 bridgehead atoms. The lowest BCUT2D eigenvalue weighted by Gasteiger charge is -2.16. The lowest BCUT2D eigenvalue weighted by atomic mass is 10.1. The van der Waals surface area contributed by atoms with Gasteiger partial charge in [-0.05, 0) is 84.4 Å². The van der Waals surface area contributed by atoms with Crippen molar-refractivity contribution in [3.05, 3.63) is 142 Å². The van der Waals surface area contributed by atoms with E-state index in [0.29, 0.717) is 5.69 Å². The summed E-state index contributed by atoms with van der Waals surface area (Å²) in [5, 5.41) is 0.224. The number of carbonyl (C=O) groups is 4. The van der Waals surface area contributed by atoms with Gasteiger partial charge in [-0.2, -0.15) is 0 Å². The Hall–Kier alpha value is -7.83. The number of aromatic nitrogens is 2. The number of nitrogens with zero attached hydrogens (tertiary/aromatic N) is 2. The molecule has 0 fully saturated rings. The SMILES string of the molecule is COc1cc(OC(F)(F)F)ccc1Oc1ccc(F)c(Cl)c1C(=O)Cl.COc1cc(OC(F)(F)F)ccc1Oc1ccc(F)c(Cl)c1C(=O)Nc1ccc(C(N)=O)nc1.NC(=O)c1ccc(N)cn1. The van der Waals surface area contributed by atoms with Gasteiger partial charge in [0.25, 0.3) is 23.0 Å². The molecule has 2 heterocycles. The molecule has 0 aliphatic heterocycles. The molecule has 6 aromatic rings. The van der Waals surface area contributed by atoms with Gasteiger partial charge in [0, 0.05) is 12.1 Å². The first-order valence-electron chi connectivity index (χ1n) is 18.3. The number of nitrogens with one attached hydrogen (secondary N) is 1. The number of rotatable bonds is 13. The largest absolute Gasteiger partial charge is 0.573 e. The van der Waals surface area contributed by atoms with E-state index in [1.54, 1.807) is 6.07 Å². The number of ether oxygens (including phenoxy) is 6. The Kier molecular flexibility index (Phi) is 18.1. The summed E-state index contributed by atoms with van der Waals surface area (Å²) < 4.78 is 130. The molecule has 0 saturated heterocycles. The highest BCUT2D eigenvalue weighted by Crippen LogP contribution is 2.41. The highest BCUT2D eigenvalue weighted by Gasteiger charge is 2.33. The third kappa shape index (κ3) is 15.6. The molecule has 6 rings (SSSR count). The number of pyridine rings is 2. The molecule has 0 unspecified atom stereocenters. The van der Waals surface area contributed by atoms with Gasteiger partial charge in [-0.3, -0.25) is 19.2 Å². The van der Waals surface area contributed by atoms with Gasteiger partial charge in [0.15, 0.2) is 23.0 Å². The van der Waals surface area contributed by atoms with Crippen LogP contribution in [0.5, 0.6) is 46.0 Å². The number of primary amides is 2. The van der Waals surface area contributed by atoms with Crippen molar-refractivity contribution in [1.82, 2.24) is 9.97 Å². The van der Waals surface area contributed by atoms with Crippen LogP contribution in [0.1, 0.15) is 41.7 Å². The van der Waals surface area contributed by atoms with Gasteiger partial charge in [-0.15, -0.1) is 26.3 Å². The van der Waals surface area contributed by atoms with E-state index in [-0.39, 0.29) is 51.6 Å². The summed E-state index contributed by atoms with van der Waals surface area (Å²) in [4.78, 5) is 53.3. The standard InChI is InChI=1S/C21H14ClF4N3O5.C15H8Cl2F4O4.C6H7N3O/c1-32-16-8-11(34-21(24,25)26)3-6-14(16)33-15-7-4-12(23)18(22)17(15)20(31)29-10-2-5-13(19(27)30)28-9-10;1-23-11-6-7(25-15(19,20)21)2-4-9(11)24-10-5-3-8(18)13(16)12(10)14(17)22;7-4-1-2-5(6(8)10)9-3-4/h2-9H,1H3,(H2,27,30)(H,29,31);2-6H,1H3;1-3H,7H2,(H2,8,10). The Morgan fingerprint density at radius 2 is 1.00 bits per heavy atom. The Labute approximate surface area is 397 Å². The van der Waals surface area contributed by atoms with Gasteiger partial charge in [-0.25, -0.2) is 18.7 Å². The number of amides is 3. The first-order chi connectivity index (χ1) is 32.3. The van der Waals surface area contributed by atoms with Crippen LogP contribution in [0, 0.1) is 11.6 Å². The van der Waals surface area contributed by atoms with Crippen molar-refractivity contribution in [2.45, 2.75) is 12.7 Å². The summed E-state index contributed by atoms with van der Waals surface area (Å²) in [6.45, 7) is 0. The number of halogens is 11. The summed E-state index contributed by atoms with van der Waals surface area (Å²) in [5.74, 6) is -6.05. The Morgan fingerprint density at radius 3 is 1.38 bits per heavy atom. The second-order valence-electron chi connectivity index (χ2n) is 12.8. The Balaban J connectivity index is 0.000000258. The van der Waals surface area contributed by atoms with Crippen LogP contribution < -0.4 is 50.9 Å². The number of methoxy groups -OCH3 is 2. The van der Waals surface area contributed by atoms with E-state index in [4.69, 9.17) is 71.0 Å². The van der Waals surface area contributed by atoms with E-state index in [2.05, 4.69) is 24.8 Å². The lowest BCUT2D eigenvalue weighted by Crippen LogP contribution is -2.17. The van der Waals surface area contributed by atoms with Crippen LogP contribution in [0.3, 0.4) is 0 Å². The maximum atomic E-state index is 14.1. The van der Waals surface area contributed by atoms with Gasteiger partial charge in [-0.1, -0.05) is 23.2 Å². The molecule has 0 atom stereocenters. The van der Waals surface area contributed by atoms with E-state index in [9.17, 15) is 54.3 Å². The van der Waals surface area contributed by atoms with Crippen LogP contribution in [0.25, 0.3) is 0 Å². The first-order valence-corrected chi connectivity index (χ1v) is 19.4. The number of alkyl halides is 6.